The molecule has 2 rings (SSSR count). The van der Waals surface area contributed by atoms with Crippen LogP contribution in [0.5, 0.6) is 0 Å². The third kappa shape index (κ3) is 3.15. The van der Waals surface area contributed by atoms with Crippen LogP contribution in [0.4, 0.5) is 10.1 Å². The van der Waals surface area contributed by atoms with Crippen molar-refractivity contribution in [3.8, 4) is 0 Å². The fourth-order valence-electron chi connectivity index (χ4n) is 2.03. The summed E-state index contributed by atoms with van der Waals surface area (Å²) < 4.78 is 13.3. The number of benzene rings is 2. The maximum absolute atomic E-state index is 13.3. The minimum atomic E-state index is -0.573. The molecular formula is C16H17FN2O. The van der Waals surface area contributed by atoms with Crippen LogP contribution in [0.15, 0.2) is 42.5 Å². The molecule has 20 heavy (non-hydrogen) atoms. The van der Waals surface area contributed by atoms with Crippen molar-refractivity contribution in [1.29, 1.82) is 0 Å². The SMILES string of the molecule is Cc1ccccc1CCNC(=O)c1cccc(F)c1N. The van der Waals surface area contributed by atoms with E-state index in [2.05, 4.69) is 5.32 Å². The number of carbonyl (C=O) groups excluding carboxylic acids is 1. The first-order valence-electron chi connectivity index (χ1n) is 6.46. The quantitative estimate of drug-likeness (QED) is 0.841. The molecule has 0 heterocycles. The molecule has 3 nitrogen and oxygen atoms in total. The van der Waals surface area contributed by atoms with Crippen LogP contribution in [-0.2, 0) is 6.42 Å². The van der Waals surface area contributed by atoms with Gasteiger partial charge in [-0.05, 0) is 36.6 Å². The summed E-state index contributed by atoms with van der Waals surface area (Å²) in [5.41, 5.74) is 7.99. The molecule has 0 spiro atoms. The fourth-order valence-corrected chi connectivity index (χ4v) is 2.03. The number of hydrogen-bond acceptors (Lipinski definition) is 2. The first-order valence-corrected chi connectivity index (χ1v) is 6.46. The van der Waals surface area contributed by atoms with Gasteiger partial charge in [-0.1, -0.05) is 30.3 Å². The zero-order chi connectivity index (χ0) is 14.5. The highest BCUT2D eigenvalue weighted by molar-refractivity contribution is 5.99. The first-order chi connectivity index (χ1) is 9.59. The van der Waals surface area contributed by atoms with Crippen molar-refractivity contribution < 1.29 is 9.18 Å². The maximum atomic E-state index is 13.3. The molecule has 0 aromatic heterocycles. The average molecular weight is 272 g/mol. The minimum absolute atomic E-state index is 0.110. The third-order valence-electron chi connectivity index (χ3n) is 3.24. The summed E-state index contributed by atoms with van der Waals surface area (Å²) in [7, 11) is 0. The highest BCUT2D eigenvalue weighted by Gasteiger charge is 2.11. The number of rotatable bonds is 4. The summed E-state index contributed by atoms with van der Waals surface area (Å²) in [6.07, 6.45) is 0.730. The Labute approximate surface area is 117 Å². The van der Waals surface area contributed by atoms with Crippen LogP contribution in [0.25, 0.3) is 0 Å². The molecule has 2 aromatic rings. The first kappa shape index (κ1) is 14.1. The van der Waals surface area contributed by atoms with Crippen molar-refractivity contribution >= 4 is 11.6 Å². The lowest BCUT2D eigenvalue weighted by atomic mass is 10.1. The largest absolute Gasteiger partial charge is 0.396 e. The van der Waals surface area contributed by atoms with E-state index in [1.54, 1.807) is 0 Å². The van der Waals surface area contributed by atoms with E-state index in [-0.39, 0.29) is 17.2 Å². The molecular weight excluding hydrogens is 255 g/mol. The van der Waals surface area contributed by atoms with Crippen LogP contribution in [0.1, 0.15) is 21.5 Å². The molecule has 1 amide bonds. The molecule has 0 unspecified atom stereocenters. The van der Waals surface area contributed by atoms with Crippen molar-refractivity contribution in [3.05, 3.63) is 65.0 Å². The summed E-state index contributed by atoms with van der Waals surface area (Å²) >= 11 is 0. The predicted octanol–water partition coefficient (Wildman–Crippen LogP) is 2.69. The number of aryl methyl sites for hydroxylation is 1. The van der Waals surface area contributed by atoms with E-state index in [1.165, 1.54) is 29.3 Å². The Morgan fingerprint density at radius 2 is 1.95 bits per heavy atom. The third-order valence-corrected chi connectivity index (χ3v) is 3.24. The van der Waals surface area contributed by atoms with E-state index >= 15 is 0 Å². The van der Waals surface area contributed by atoms with Gasteiger partial charge in [0.1, 0.15) is 5.82 Å². The standard InChI is InChI=1S/C16H17FN2O/c1-11-5-2-3-6-12(11)9-10-19-16(20)13-7-4-8-14(17)15(13)18/h2-8H,9-10,18H2,1H3,(H,19,20). The molecule has 104 valence electrons. The van der Waals surface area contributed by atoms with Crippen molar-refractivity contribution in [2.24, 2.45) is 0 Å². The topological polar surface area (TPSA) is 55.1 Å². The second-order valence-corrected chi connectivity index (χ2v) is 4.63. The molecule has 4 heteroatoms. The average Bonchev–Trinajstić information content (AvgIpc) is 2.44. The van der Waals surface area contributed by atoms with Crippen LogP contribution in [0, 0.1) is 12.7 Å². The van der Waals surface area contributed by atoms with E-state index in [4.69, 9.17) is 5.73 Å². The van der Waals surface area contributed by atoms with Crippen molar-refractivity contribution in [3.63, 3.8) is 0 Å². The van der Waals surface area contributed by atoms with Gasteiger partial charge in [-0.15, -0.1) is 0 Å². The van der Waals surface area contributed by atoms with Gasteiger partial charge in [-0.25, -0.2) is 4.39 Å². The van der Waals surface area contributed by atoms with E-state index in [9.17, 15) is 9.18 Å². The number of nitrogens with two attached hydrogens (primary N) is 1. The van der Waals surface area contributed by atoms with E-state index in [0.29, 0.717) is 6.54 Å². The Morgan fingerprint density at radius 1 is 1.20 bits per heavy atom. The van der Waals surface area contributed by atoms with Gasteiger partial charge in [0.2, 0.25) is 0 Å². The van der Waals surface area contributed by atoms with Crippen LogP contribution >= 0.6 is 0 Å². The normalized spacial score (nSPS) is 10.3. The molecule has 3 N–H and O–H groups in total. The van der Waals surface area contributed by atoms with Gasteiger partial charge in [0.25, 0.3) is 5.91 Å². The van der Waals surface area contributed by atoms with Crippen molar-refractivity contribution in [2.75, 3.05) is 12.3 Å². The van der Waals surface area contributed by atoms with E-state index < -0.39 is 5.82 Å². The second-order valence-electron chi connectivity index (χ2n) is 4.63. The molecule has 2 aromatic carbocycles. The van der Waals surface area contributed by atoms with Crippen molar-refractivity contribution in [2.45, 2.75) is 13.3 Å². The minimum Gasteiger partial charge on any atom is -0.396 e. The lowest BCUT2D eigenvalue weighted by Gasteiger charge is -2.09. The number of amides is 1. The van der Waals surface area contributed by atoms with Gasteiger partial charge in [0.05, 0.1) is 11.3 Å². The second kappa shape index (κ2) is 6.19. The molecule has 0 aliphatic carbocycles. The number of anilines is 1. The van der Waals surface area contributed by atoms with Crippen molar-refractivity contribution in [1.82, 2.24) is 5.32 Å². The number of halogens is 1. The summed E-state index contributed by atoms with van der Waals surface area (Å²) in [4.78, 5) is 11.9. The fraction of sp³-hybridized carbons (Fsp3) is 0.188. The monoisotopic (exact) mass is 272 g/mol. The van der Waals surface area contributed by atoms with Gasteiger partial charge in [0.15, 0.2) is 0 Å². The summed E-state index contributed by atoms with van der Waals surface area (Å²) in [6, 6.07) is 12.2. The molecule has 0 radical (unpaired) electrons. The Balaban J connectivity index is 1.96. The van der Waals surface area contributed by atoms with Crippen LogP contribution < -0.4 is 11.1 Å². The van der Waals surface area contributed by atoms with E-state index in [1.807, 2.05) is 31.2 Å². The van der Waals surface area contributed by atoms with Gasteiger partial charge in [-0.2, -0.15) is 0 Å². The number of nitrogens with one attached hydrogen (secondary N) is 1. The molecule has 0 aliphatic heterocycles. The Bertz CT molecular complexity index is 626. The maximum Gasteiger partial charge on any atom is 0.253 e. The van der Waals surface area contributed by atoms with Crippen LogP contribution in [0.3, 0.4) is 0 Å². The molecule has 0 fully saturated rings. The molecule has 0 atom stereocenters. The number of carbonyl (C=O) groups is 1. The molecule has 0 saturated carbocycles. The lowest BCUT2D eigenvalue weighted by Crippen LogP contribution is -2.26. The van der Waals surface area contributed by atoms with Gasteiger partial charge >= 0.3 is 0 Å². The molecule has 0 aliphatic rings. The number of hydrogen-bond donors (Lipinski definition) is 2. The highest BCUT2D eigenvalue weighted by Crippen LogP contribution is 2.15. The highest BCUT2D eigenvalue weighted by atomic mass is 19.1. The zero-order valence-electron chi connectivity index (χ0n) is 11.3. The Morgan fingerprint density at radius 3 is 2.70 bits per heavy atom. The molecule has 0 bridgehead atoms. The zero-order valence-corrected chi connectivity index (χ0v) is 11.3. The Kier molecular flexibility index (Phi) is 4.35. The summed E-state index contributed by atoms with van der Waals surface area (Å²) in [5, 5.41) is 2.76. The van der Waals surface area contributed by atoms with Gasteiger partial charge in [-0.3, -0.25) is 4.79 Å². The van der Waals surface area contributed by atoms with Crippen LogP contribution in [0.2, 0.25) is 0 Å². The Hall–Kier alpha value is -2.36. The summed E-state index contributed by atoms with van der Waals surface area (Å²) in [6.45, 7) is 2.52. The number of para-hydroxylation sites is 1. The lowest BCUT2D eigenvalue weighted by molar-refractivity contribution is 0.0954. The molecule has 0 saturated heterocycles. The van der Waals surface area contributed by atoms with Crippen LogP contribution in [-0.4, -0.2) is 12.5 Å². The van der Waals surface area contributed by atoms with E-state index in [0.717, 1.165) is 6.42 Å². The smallest absolute Gasteiger partial charge is 0.253 e. The summed E-state index contributed by atoms with van der Waals surface area (Å²) in [5.74, 6) is -0.924. The van der Waals surface area contributed by atoms with Gasteiger partial charge < -0.3 is 11.1 Å². The number of nitrogen functional groups attached to an aromatic ring is 1. The predicted molar refractivity (Wildman–Crippen MR) is 78.0 cm³/mol. The van der Waals surface area contributed by atoms with Gasteiger partial charge in [0, 0.05) is 6.54 Å².